The number of anilines is 1. The Bertz CT molecular complexity index is 422. The number of ketones is 1. The van der Waals surface area contributed by atoms with Gasteiger partial charge in [-0.05, 0) is 36.5 Å². The number of carbonyl (C=O) groups is 2. The molecule has 3 nitrogen and oxygen atoms in total. The molecule has 0 spiro atoms. The van der Waals surface area contributed by atoms with Gasteiger partial charge in [0, 0.05) is 18.0 Å². The van der Waals surface area contributed by atoms with Gasteiger partial charge < -0.3 is 5.32 Å². The molecular formula is C18H29NO2. The molecule has 1 aromatic carbocycles. The number of amides is 1. The Hall–Kier alpha value is -1.64. The predicted molar refractivity (Wildman–Crippen MR) is 89.4 cm³/mol. The van der Waals surface area contributed by atoms with Gasteiger partial charge in [-0.2, -0.15) is 0 Å². The normalized spacial score (nSPS) is 10.0. The number of aryl methyl sites for hydroxylation is 1. The zero-order valence-electron chi connectivity index (χ0n) is 14.0. The molecule has 0 fully saturated rings. The summed E-state index contributed by atoms with van der Waals surface area (Å²) in [5, 5.41) is 2.62. The van der Waals surface area contributed by atoms with Crippen molar-refractivity contribution in [3.8, 4) is 0 Å². The van der Waals surface area contributed by atoms with Crippen LogP contribution in [-0.4, -0.2) is 12.2 Å². The largest absolute Gasteiger partial charge is 0.329 e. The third-order valence-corrected chi connectivity index (χ3v) is 2.69. The van der Waals surface area contributed by atoms with Crippen molar-refractivity contribution in [1.82, 2.24) is 0 Å². The van der Waals surface area contributed by atoms with E-state index in [1.165, 1.54) is 0 Å². The van der Waals surface area contributed by atoms with Gasteiger partial charge in [0.2, 0.25) is 6.41 Å². The van der Waals surface area contributed by atoms with Crippen LogP contribution in [0.4, 0.5) is 5.69 Å². The smallest absolute Gasteiger partial charge is 0.211 e. The lowest BCUT2D eigenvalue weighted by Gasteiger charge is -2.05. The van der Waals surface area contributed by atoms with Crippen molar-refractivity contribution in [2.24, 2.45) is 11.8 Å². The summed E-state index contributed by atoms with van der Waals surface area (Å²) < 4.78 is 0. The summed E-state index contributed by atoms with van der Waals surface area (Å²) in [5.41, 5.74) is 1.95. The van der Waals surface area contributed by atoms with Gasteiger partial charge in [-0.15, -0.1) is 0 Å². The molecule has 0 radical (unpaired) electrons. The van der Waals surface area contributed by atoms with Crippen molar-refractivity contribution in [1.29, 1.82) is 0 Å². The van der Waals surface area contributed by atoms with Crippen molar-refractivity contribution in [2.75, 3.05) is 5.32 Å². The predicted octanol–water partition coefficient (Wildman–Crippen LogP) is 4.47. The van der Waals surface area contributed by atoms with E-state index in [0.29, 0.717) is 18.6 Å². The maximum absolute atomic E-state index is 11.4. The van der Waals surface area contributed by atoms with E-state index >= 15 is 0 Å². The van der Waals surface area contributed by atoms with Crippen LogP contribution in [-0.2, 0) is 16.0 Å². The summed E-state index contributed by atoms with van der Waals surface area (Å²) in [6.07, 6.45) is 3.03. The molecule has 0 saturated heterocycles. The fraction of sp³-hybridized carbons (Fsp3) is 0.556. The second-order valence-electron chi connectivity index (χ2n) is 6.17. The van der Waals surface area contributed by atoms with E-state index < -0.39 is 0 Å². The number of rotatable bonds is 7. The molecule has 0 heterocycles. The van der Waals surface area contributed by atoms with Crippen LogP contribution in [0.3, 0.4) is 0 Å². The topological polar surface area (TPSA) is 46.2 Å². The molecule has 0 unspecified atom stereocenters. The van der Waals surface area contributed by atoms with E-state index in [4.69, 9.17) is 0 Å². The molecule has 1 amide bonds. The van der Waals surface area contributed by atoms with E-state index in [0.717, 1.165) is 30.0 Å². The number of carbonyl (C=O) groups excluding carboxylic acids is 2. The number of Topliss-reactive ketones (excluding diaryl/α,β-unsaturated/α-hetero) is 1. The van der Waals surface area contributed by atoms with Gasteiger partial charge >= 0.3 is 0 Å². The minimum atomic E-state index is 0.123. The average Bonchev–Trinajstić information content (AvgIpc) is 2.38. The Balaban J connectivity index is 0.000000885. The van der Waals surface area contributed by atoms with Crippen LogP contribution in [0.5, 0.6) is 0 Å². The lowest BCUT2D eigenvalue weighted by molar-refractivity contribution is -0.122. The molecule has 0 aliphatic rings. The minimum Gasteiger partial charge on any atom is -0.329 e. The molecule has 0 atom stereocenters. The van der Waals surface area contributed by atoms with Crippen molar-refractivity contribution < 1.29 is 9.59 Å². The summed E-state index contributed by atoms with van der Waals surface area (Å²) in [7, 11) is 0. The van der Waals surface area contributed by atoms with E-state index in [-0.39, 0.29) is 5.92 Å². The van der Waals surface area contributed by atoms with E-state index in [9.17, 15) is 9.59 Å². The molecule has 118 valence electrons. The summed E-state index contributed by atoms with van der Waals surface area (Å²) in [5.74, 6) is 1.27. The summed E-state index contributed by atoms with van der Waals surface area (Å²) in [4.78, 5) is 21.8. The average molecular weight is 291 g/mol. The summed E-state index contributed by atoms with van der Waals surface area (Å²) in [6, 6.07) is 7.70. The highest BCUT2D eigenvalue weighted by Crippen LogP contribution is 2.13. The zero-order chi connectivity index (χ0) is 16.3. The van der Waals surface area contributed by atoms with Crippen molar-refractivity contribution in [3.63, 3.8) is 0 Å². The maximum Gasteiger partial charge on any atom is 0.211 e. The second-order valence-corrected chi connectivity index (χ2v) is 6.17. The molecule has 0 aliphatic carbocycles. The molecule has 1 rings (SSSR count). The summed E-state index contributed by atoms with van der Waals surface area (Å²) >= 11 is 0. The SMILES string of the molecule is CC(C)C.CC(C)C(=O)CCCc1cccc(NC=O)c1. The lowest BCUT2D eigenvalue weighted by Crippen LogP contribution is -2.06. The van der Waals surface area contributed by atoms with Crippen molar-refractivity contribution in [3.05, 3.63) is 29.8 Å². The van der Waals surface area contributed by atoms with Gasteiger partial charge in [-0.25, -0.2) is 0 Å². The first kappa shape index (κ1) is 19.4. The quantitative estimate of drug-likeness (QED) is 0.754. The highest BCUT2D eigenvalue weighted by Gasteiger charge is 2.06. The number of hydrogen-bond acceptors (Lipinski definition) is 2. The van der Waals surface area contributed by atoms with Crippen LogP contribution in [0, 0.1) is 11.8 Å². The van der Waals surface area contributed by atoms with Gasteiger partial charge in [0.05, 0.1) is 0 Å². The number of nitrogens with one attached hydrogen (secondary N) is 1. The first-order valence-electron chi connectivity index (χ1n) is 7.68. The summed E-state index contributed by atoms with van der Waals surface area (Å²) in [6.45, 7) is 10.4. The molecule has 3 heteroatoms. The van der Waals surface area contributed by atoms with Gasteiger partial charge in [-0.3, -0.25) is 9.59 Å². The molecule has 0 saturated carbocycles. The van der Waals surface area contributed by atoms with Crippen molar-refractivity contribution in [2.45, 2.75) is 53.9 Å². The second kappa shape index (κ2) is 11.1. The molecular weight excluding hydrogens is 262 g/mol. The van der Waals surface area contributed by atoms with E-state index in [2.05, 4.69) is 26.1 Å². The Morgan fingerprint density at radius 3 is 2.33 bits per heavy atom. The zero-order valence-corrected chi connectivity index (χ0v) is 14.0. The third kappa shape index (κ3) is 10.8. The van der Waals surface area contributed by atoms with Crippen molar-refractivity contribution >= 4 is 17.9 Å². The van der Waals surface area contributed by atoms with Crippen LogP contribution in [0.25, 0.3) is 0 Å². The molecule has 1 N–H and O–H groups in total. The fourth-order valence-corrected chi connectivity index (χ4v) is 1.64. The van der Waals surface area contributed by atoms with Gasteiger partial charge in [0.1, 0.15) is 5.78 Å². The lowest BCUT2D eigenvalue weighted by atomic mass is 10.0. The highest BCUT2D eigenvalue weighted by atomic mass is 16.1. The molecule has 0 bridgehead atoms. The Morgan fingerprint density at radius 1 is 1.19 bits per heavy atom. The standard InChI is InChI=1S/C14H19NO2.C4H10/c1-11(2)14(17)8-4-6-12-5-3-7-13(9-12)15-10-16;1-4(2)3/h3,5,7,9-11H,4,6,8H2,1-2H3,(H,15,16);4H,1-3H3. The molecule has 0 aromatic heterocycles. The highest BCUT2D eigenvalue weighted by molar-refractivity contribution is 5.80. The van der Waals surface area contributed by atoms with Gasteiger partial charge in [0.15, 0.2) is 0 Å². The first-order valence-corrected chi connectivity index (χ1v) is 7.68. The Kier molecular flexibility index (Phi) is 10.2. The van der Waals surface area contributed by atoms with Crippen LogP contribution in [0.2, 0.25) is 0 Å². The molecule has 0 aliphatic heterocycles. The van der Waals surface area contributed by atoms with E-state index in [1.807, 2.05) is 38.1 Å². The molecule has 21 heavy (non-hydrogen) atoms. The Morgan fingerprint density at radius 2 is 1.81 bits per heavy atom. The van der Waals surface area contributed by atoms with Crippen LogP contribution < -0.4 is 5.32 Å². The number of hydrogen-bond donors (Lipinski definition) is 1. The van der Waals surface area contributed by atoms with Crippen LogP contribution >= 0.6 is 0 Å². The monoisotopic (exact) mass is 291 g/mol. The first-order chi connectivity index (χ1) is 9.86. The maximum atomic E-state index is 11.4. The number of benzene rings is 1. The minimum absolute atomic E-state index is 0.123. The fourth-order valence-electron chi connectivity index (χ4n) is 1.64. The van der Waals surface area contributed by atoms with Crippen LogP contribution in [0.15, 0.2) is 24.3 Å². The Labute approximate surface area is 129 Å². The molecule has 1 aromatic rings. The third-order valence-electron chi connectivity index (χ3n) is 2.69. The van der Waals surface area contributed by atoms with Gasteiger partial charge in [0.25, 0.3) is 0 Å². The van der Waals surface area contributed by atoms with Gasteiger partial charge in [-0.1, -0.05) is 46.8 Å². The van der Waals surface area contributed by atoms with E-state index in [1.54, 1.807) is 0 Å². The van der Waals surface area contributed by atoms with Crippen LogP contribution in [0.1, 0.15) is 53.0 Å².